The van der Waals surface area contributed by atoms with Gasteiger partial charge in [0.05, 0.1) is 11.7 Å². The Bertz CT molecular complexity index is 834. The maximum atomic E-state index is 12.5. The molecule has 2 heterocycles. The molecule has 0 spiro atoms. The molecule has 1 saturated heterocycles. The normalized spacial score (nSPS) is 17.1. The van der Waals surface area contributed by atoms with Gasteiger partial charge in [0.15, 0.2) is 18.1 Å². The van der Waals surface area contributed by atoms with Crippen LogP contribution in [-0.2, 0) is 23.2 Å². The van der Waals surface area contributed by atoms with E-state index in [9.17, 15) is 14.7 Å². The van der Waals surface area contributed by atoms with E-state index >= 15 is 0 Å². The summed E-state index contributed by atoms with van der Waals surface area (Å²) in [6.45, 7) is 0.0248. The number of anilines is 1. The lowest BCUT2D eigenvalue weighted by atomic mass is 10.1. The molecule has 1 atom stereocenters. The van der Waals surface area contributed by atoms with Crippen molar-refractivity contribution < 1.29 is 23.9 Å². The summed E-state index contributed by atoms with van der Waals surface area (Å²) in [5.41, 5.74) is 0.877. The van der Waals surface area contributed by atoms with Crippen molar-refractivity contribution in [1.29, 1.82) is 0 Å². The molecule has 136 valence electrons. The summed E-state index contributed by atoms with van der Waals surface area (Å²) in [6.07, 6.45) is -0.0958. The number of rotatable bonds is 5. The van der Waals surface area contributed by atoms with Gasteiger partial charge in [0.2, 0.25) is 5.91 Å². The largest absolute Gasteiger partial charge is 0.539 e. The van der Waals surface area contributed by atoms with Crippen LogP contribution in [0.5, 0.6) is 5.95 Å². The fraction of sp³-hybridized carbons (Fsp3) is 0.312. The van der Waals surface area contributed by atoms with E-state index in [0.717, 1.165) is 0 Å². The summed E-state index contributed by atoms with van der Waals surface area (Å²) in [6, 6.07) is 8.14. The second kappa shape index (κ2) is 7.08. The van der Waals surface area contributed by atoms with Crippen LogP contribution in [0.2, 0.25) is 0 Å². The topological polar surface area (TPSA) is 106 Å². The van der Waals surface area contributed by atoms with Gasteiger partial charge in [-0.2, -0.15) is 0 Å². The zero-order chi connectivity index (χ0) is 18.8. The van der Waals surface area contributed by atoms with Gasteiger partial charge < -0.3 is 19.8 Å². The number of nitrogens with one attached hydrogen (secondary N) is 1. The minimum absolute atomic E-state index is 0.0248. The average molecular weight is 375 g/mol. The van der Waals surface area contributed by atoms with Crippen LogP contribution < -0.4 is 15.1 Å². The van der Waals surface area contributed by atoms with E-state index in [1.165, 1.54) is 14.5 Å². The van der Waals surface area contributed by atoms with Gasteiger partial charge in [0, 0.05) is 12.7 Å². The third-order valence-electron chi connectivity index (χ3n) is 4.15. The molecule has 0 aliphatic carbocycles. The Morgan fingerprint density at radius 1 is 1.42 bits per heavy atom. The monoisotopic (exact) mass is 375 g/mol. The van der Waals surface area contributed by atoms with E-state index < -0.39 is 12.0 Å². The van der Waals surface area contributed by atoms with Crippen LogP contribution in [0.3, 0.4) is 0 Å². The molecule has 1 aliphatic heterocycles. The van der Waals surface area contributed by atoms with Crippen molar-refractivity contribution in [1.82, 2.24) is 15.1 Å². The summed E-state index contributed by atoms with van der Waals surface area (Å²) < 4.78 is 5.89. The van der Waals surface area contributed by atoms with E-state index in [2.05, 4.69) is 15.1 Å². The molecule has 2 aromatic rings. The van der Waals surface area contributed by atoms with E-state index in [-0.39, 0.29) is 35.6 Å². The molecule has 3 rings (SSSR count). The predicted molar refractivity (Wildman–Crippen MR) is 91.5 cm³/mol. The van der Waals surface area contributed by atoms with Crippen LogP contribution in [0.4, 0.5) is 5.69 Å². The van der Waals surface area contributed by atoms with Gasteiger partial charge in [0.1, 0.15) is 12.6 Å². The van der Waals surface area contributed by atoms with Crippen molar-refractivity contribution >= 4 is 34.8 Å². The highest BCUT2D eigenvalue weighted by molar-refractivity contribution is 7.80. The third kappa shape index (κ3) is 3.36. The first kappa shape index (κ1) is 17.8. The maximum Gasteiger partial charge on any atom is 0.252 e. The number of hydrogen-bond donors (Lipinski definition) is 1. The summed E-state index contributed by atoms with van der Waals surface area (Å²) in [5, 5.41) is 18.3. The first-order chi connectivity index (χ1) is 12.4. The predicted octanol–water partition coefficient (Wildman–Crippen LogP) is -0.471. The van der Waals surface area contributed by atoms with Crippen LogP contribution in [0.1, 0.15) is 12.1 Å². The number of benzene rings is 1. The molecule has 26 heavy (non-hydrogen) atoms. The number of carbonyl (C=O) groups excluding carboxylic acids is 2. The van der Waals surface area contributed by atoms with Gasteiger partial charge in [-0.1, -0.05) is 22.9 Å². The molecule has 0 saturated carbocycles. The highest BCUT2D eigenvalue weighted by atomic mass is 32.1. The Morgan fingerprint density at radius 3 is 2.73 bits per heavy atom. The third-order valence-corrected chi connectivity index (χ3v) is 4.66. The van der Waals surface area contributed by atoms with Gasteiger partial charge >= 0.3 is 0 Å². The summed E-state index contributed by atoms with van der Waals surface area (Å²) in [4.78, 5) is 27.7. The number of thiocarbonyl (C=S) groups is 1. The van der Waals surface area contributed by atoms with Gasteiger partial charge in [-0.25, -0.2) is 0 Å². The van der Waals surface area contributed by atoms with Gasteiger partial charge in [0.25, 0.3) is 11.6 Å². The molecule has 0 radical (unpaired) electrons. The van der Waals surface area contributed by atoms with Crippen molar-refractivity contribution in [3.8, 4) is 5.95 Å². The van der Waals surface area contributed by atoms with Gasteiger partial charge in [-0.15, -0.1) is 0 Å². The molecule has 1 aromatic heterocycles. The highest BCUT2D eigenvalue weighted by Gasteiger charge is 2.42. The molecule has 10 heteroatoms. The number of amides is 2. The van der Waals surface area contributed by atoms with Crippen molar-refractivity contribution in [2.45, 2.75) is 19.0 Å². The molecule has 1 fully saturated rings. The number of likely N-dealkylation sites (N-methyl/N-ethyl adjacent to an activating group) is 1. The fourth-order valence-electron chi connectivity index (χ4n) is 2.72. The number of aromatic nitrogens is 2. The summed E-state index contributed by atoms with van der Waals surface area (Å²) in [5.74, 6) is -1.23. The zero-order valence-corrected chi connectivity index (χ0v) is 15.0. The SMILES string of the molecule is CN1C(=O)C(CC(=O)Nc2ccccc2)N(Cc2c([O-])on[n+]2C)C1=S. The summed E-state index contributed by atoms with van der Waals surface area (Å²) >= 11 is 5.30. The Kier molecular flexibility index (Phi) is 4.85. The smallest absolute Gasteiger partial charge is 0.252 e. The molecule has 9 nitrogen and oxygen atoms in total. The van der Waals surface area contributed by atoms with E-state index in [0.29, 0.717) is 5.69 Å². The quantitative estimate of drug-likeness (QED) is 0.556. The van der Waals surface area contributed by atoms with E-state index in [1.54, 1.807) is 38.4 Å². The molecular formula is C16H17N5O4S. The second-order valence-corrected chi connectivity index (χ2v) is 6.24. The first-order valence-electron chi connectivity index (χ1n) is 7.83. The minimum Gasteiger partial charge on any atom is -0.539 e. The van der Waals surface area contributed by atoms with Crippen molar-refractivity contribution in [2.75, 3.05) is 12.4 Å². The fourth-order valence-corrected chi connectivity index (χ4v) is 3.00. The molecule has 1 aliphatic rings. The maximum absolute atomic E-state index is 12.5. The van der Waals surface area contributed by atoms with Crippen molar-refractivity contribution in [2.24, 2.45) is 7.05 Å². The Balaban J connectivity index is 1.77. The van der Waals surface area contributed by atoms with Crippen LogP contribution >= 0.6 is 12.2 Å². The Hall–Kier alpha value is -3.01. The van der Waals surface area contributed by atoms with Crippen LogP contribution in [0.25, 0.3) is 0 Å². The number of hydrogen-bond acceptors (Lipinski definition) is 6. The molecular weight excluding hydrogens is 358 g/mol. The number of carbonyl (C=O) groups is 2. The lowest BCUT2D eigenvalue weighted by molar-refractivity contribution is -0.746. The second-order valence-electron chi connectivity index (χ2n) is 5.87. The molecule has 1 aromatic carbocycles. The lowest BCUT2D eigenvalue weighted by Gasteiger charge is -2.21. The van der Waals surface area contributed by atoms with Crippen LogP contribution in [-0.4, -0.2) is 45.1 Å². The zero-order valence-electron chi connectivity index (χ0n) is 14.2. The van der Waals surface area contributed by atoms with Crippen LogP contribution in [0, 0.1) is 0 Å². The van der Waals surface area contributed by atoms with E-state index in [1.807, 2.05) is 6.07 Å². The van der Waals surface area contributed by atoms with Crippen molar-refractivity contribution in [3.05, 3.63) is 36.0 Å². The number of nitrogens with zero attached hydrogens (tertiary/aromatic N) is 4. The number of aryl methyl sites for hydroxylation is 1. The molecule has 0 bridgehead atoms. The Morgan fingerprint density at radius 2 is 2.12 bits per heavy atom. The first-order valence-corrected chi connectivity index (χ1v) is 8.24. The summed E-state index contributed by atoms with van der Waals surface area (Å²) in [7, 11) is 3.10. The minimum atomic E-state index is -0.800. The number of para-hydroxylation sites is 1. The van der Waals surface area contributed by atoms with E-state index in [4.69, 9.17) is 12.2 Å². The molecule has 1 unspecified atom stereocenters. The van der Waals surface area contributed by atoms with Crippen molar-refractivity contribution in [3.63, 3.8) is 0 Å². The standard InChI is InChI=1S/C16H17N5O4S/c1-19-14(23)11(8-13(22)17-10-6-4-3-5-7-10)21(16(19)26)9-12-15(24)25-18-20(12)2/h3-7,11H,8-9H2,1-2H3,(H-,17,18,22,24). The van der Waals surface area contributed by atoms with Gasteiger partial charge in [-0.05, 0) is 24.4 Å². The Labute approximate surface area is 154 Å². The van der Waals surface area contributed by atoms with Crippen LogP contribution in [0.15, 0.2) is 34.9 Å². The highest BCUT2D eigenvalue weighted by Crippen LogP contribution is 2.23. The van der Waals surface area contributed by atoms with Gasteiger partial charge in [-0.3, -0.25) is 14.5 Å². The lowest BCUT2D eigenvalue weighted by Crippen LogP contribution is -2.42. The molecule has 2 amide bonds. The average Bonchev–Trinajstić information content (AvgIpc) is 3.03. The molecule has 1 N–H and O–H groups in total.